The molecule has 0 radical (unpaired) electrons. The van der Waals surface area contributed by atoms with Gasteiger partial charge >= 0.3 is 0 Å². The predicted octanol–water partition coefficient (Wildman–Crippen LogP) is 3.29. The molecule has 0 saturated heterocycles. The highest BCUT2D eigenvalue weighted by Crippen LogP contribution is 2.36. The predicted molar refractivity (Wildman–Crippen MR) is 66.9 cm³/mol. The van der Waals surface area contributed by atoms with Crippen molar-refractivity contribution in [2.45, 2.75) is 18.9 Å². The van der Waals surface area contributed by atoms with Crippen molar-refractivity contribution in [3.05, 3.63) is 38.1 Å². The van der Waals surface area contributed by atoms with E-state index < -0.39 is 5.82 Å². The van der Waals surface area contributed by atoms with Crippen LogP contribution >= 0.6 is 27.5 Å². The normalized spacial score (nSPS) is 15.5. The topological polar surface area (TPSA) is 34.9 Å². The number of hydrogen-bond donors (Lipinski definition) is 0. The summed E-state index contributed by atoms with van der Waals surface area (Å²) in [6.45, 7) is 0. The van der Waals surface area contributed by atoms with Crippen LogP contribution in [-0.2, 0) is 0 Å². The Bertz CT molecular complexity index is 681. The molecule has 0 bridgehead atoms. The molecule has 1 aliphatic carbocycles. The summed E-state index contributed by atoms with van der Waals surface area (Å²) >= 11 is 9.18. The second-order valence-electron chi connectivity index (χ2n) is 4.07. The molecule has 0 spiro atoms. The van der Waals surface area contributed by atoms with Crippen molar-refractivity contribution >= 4 is 38.4 Å². The Morgan fingerprint density at radius 1 is 1.47 bits per heavy atom. The van der Waals surface area contributed by atoms with E-state index in [1.54, 1.807) is 0 Å². The first-order valence-electron chi connectivity index (χ1n) is 5.14. The molecular weight excluding hydrogens is 310 g/mol. The van der Waals surface area contributed by atoms with Gasteiger partial charge in [0.05, 0.1) is 10.9 Å². The van der Waals surface area contributed by atoms with Gasteiger partial charge in [0, 0.05) is 10.5 Å². The fraction of sp³-hybridized carbons (Fsp3) is 0.273. The largest absolute Gasteiger partial charge is 0.280 e. The van der Waals surface area contributed by atoms with E-state index in [2.05, 4.69) is 20.9 Å². The zero-order chi connectivity index (χ0) is 12.2. The first kappa shape index (κ1) is 11.2. The lowest BCUT2D eigenvalue weighted by Gasteiger charge is -2.08. The van der Waals surface area contributed by atoms with Crippen LogP contribution in [0.2, 0.25) is 5.28 Å². The number of fused-ring (bicyclic) bond motifs is 1. The SMILES string of the molecule is O=c1c2cc(F)cc(Br)c2nc(Cl)n1C1CC1. The molecule has 0 aliphatic heterocycles. The second kappa shape index (κ2) is 3.78. The van der Waals surface area contributed by atoms with Crippen molar-refractivity contribution in [2.24, 2.45) is 0 Å². The molecule has 1 aliphatic rings. The zero-order valence-electron chi connectivity index (χ0n) is 8.58. The summed E-state index contributed by atoms with van der Waals surface area (Å²) in [4.78, 5) is 16.3. The van der Waals surface area contributed by atoms with Gasteiger partial charge in [-0.1, -0.05) is 0 Å². The van der Waals surface area contributed by atoms with E-state index in [0.717, 1.165) is 12.8 Å². The third kappa shape index (κ3) is 1.77. The molecule has 1 fully saturated rings. The summed E-state index contributed by atoms with van der Waals surface area (Å²) in [7, 11) is 0. The van der Waals surface area contributed by atoms with E-state index in [4.69, 9.17) is 11.6 Å². The van der Waals surface area contributed by atoms with Crippen LogP contribution in [0.4, 0.5) is 4.39 Å². The van der Waals surface area contributed by atoms with Crippen LogP contribution in [0.1, 0.15) is 18.9 Å². The van der Waals surface area contributed by atoms with Crippen molar-refractivity contribution in [3.8, 4) is 0 Å². The van der Waals surface area contributed by atoms with Crippen LogP contribution in [0.5, 0.6) is 0 Å². The standard InChI is InChI=1S/C11H7BrClFN2O/c12-8-4-5(14)3-7-9(8)15-11(13)16(10(7)17)6-1-2-6/h3-4,6H,1-2H2. The van der Waals surface area contributed by atoms with Crippen LogP contribution in [-0.4, -0.2) is 9.55 Å². The highest BCUT2D eigenvalue weighted by Gasteiger charge is 2.28. The minimum atomic E-state index is -0.465. The fourth-order valence-corrected chi connectivity index (χ4v) is 2.67. The van der Waals surface area contributed by atoms with Crippen LogP contribution in [0.3, 0.4) is 0 Å². The Kier molecular flexibility index (Phi) is 2.48. The van der Waals surface area contributed by atoms with E-state index in [-0.39, 0.29) is 22.3 Å². The molecule has 1 saturated carbocycles. The Morgan fingerprint density at radius 3 is 2.82 bits per heavy atom. The number of aromatic nitrogens is 2. The van der Waals surface area contributed by atoms with Gasteiger partial charge in [-0.15, -0.1) is 0 Å². The molecule has 3 nitrogen and oxygen atoms in total. The molecule has 0 amide bonds. The summed E-state index contributed by atoms with van der Waals surface area (Å²) in [6.07, 6.45) is 1.84. The number of benzene rings is 1. The number of nitrogens with zero attached hydrogens (tertiary/aromatic N) is 2. The van der Waals surface area contributed by atoms with E-state index in [9.17, 15) is 9.18 Å². The van der Waals surface area contributed by atoms with Gasteiger partial charge in [-0.05, 0) is 52.5 Å². The molecule has 0 unspecified atom stereocenters. The van der Waals surface area contributed by atoms with Crippen molar-refractivity contribution in [3.63, 3.8) is 0 Å². The molecule has 1 aromatic carbocycles. The third-order valence-electron chi connectivity index (χ3n) is 2.79. The van der Waals surface area contributed by atoms with E-state index in [1.807, 2.05) is 0 Å². The van der Waals surface area contributed by atoms with Crippen molar-refractivity contribution in [1.82, 2.24) is 9.55 Å². The van der Waals surface area contributed by atoms with Crippen LogP contribution in [0.25, 0.3) is 10.9 Å². The van der Waals surface area contributed by atoms with Gasteiger partial charge in [0.25, 0.3) is 5.56 Å². The summed E-state index contributed by atoms with van der Waals surface area (Å²) in [5.41, 5.74) is 0.126. The van der Waals surface area contributed by atoms with Gasteiger partial charge in [-0.25, -0.2) is 9.37 Å². The molecule has 3 rings (SSSR count). The zero-order valence-corrected chi connectivity index (χ0v) is 10.9. The van der Waals surface area contributed by atoms with Crippen molar-refractivity contribution in [1.29, 1.82) is 0 Å². The van der Waals surface area contributed by atoms with Gasteiger partial charge in [-0.2, -0.15) is 0 Å². The lowest BCUT2D eigenvalue weighted by molar-refractivity contribution is 0.627. The van der Waals surface area contributed by atoms with E-state index in [0.29, 0.717) is 9.99 Å². The van der Waals surface area contributed by atoms with Crippen LogP contribution in [0.15, 0.2) is 21.4 Å². The summed E-state index contributed by atoms with van der Waals surface area (Å²) < 4.78 is 15.2. The number of rotatable bonds is 1. The minimum Gasteiger partial charge on any atom is -0.280 e. The summed E-state index contributed by atoms with van der Waals surface area (Å²) in [5.74, 6) is -0.465. The maximum Gasteiger partial charge on any atom is 0.262 e. The van der Waals surface area contributed by atoms with Gasteiger partial charge in [-0.3, -0.25) is 9.36 Å². The maximum atomic E-state index is 13.3. The summed E-state index contributed by atoms with van der Waals surface area (Å²) in [5, 5.41) is 0.422. The number of halogens is 3. The number of hydrogen-bond acceptors (Lipinski definition) is 2. The minimum absolute atomic E-state index is 0.119. The molecule has 1 aromatic heterocycles. The van der Waals surface area contributed by atoms with Gasteiger partial charge in [0.1, 0.15) is 5.82 Å². The average molecular weight is 318 g/mol. The first-order valence-corrected chi connectivity index (χ1v) is 6.32. The van der Waals surface area contributed by atoms with E-state index in [1.165, 1.54) is 16.7 Å². The lowest BCUT2D eigenvalue weighted by Crippen LogP contribution is -2.21. The van der Waals surface area contributed by atoms with Gasteiger partial charge in [0.15, 0.2) is 0 Å². The first-order chi connectivity index (χ1) is 8.08. The fourth-order valence-electron chi connectivity index (χ4n) is 1.85. The van der Waals surface area contributed by atoms with Crippen LogP contribution < -0.4 is 5.56 Å². The quantitative estimate of drug-likeness (QED) is 0.757. The monoisotopic (exact) mass is 316 g/mol. The molecule has 0 atom stereocenters. The van der Waals surface area contributed by atoms with Crippen LogP contribution in [0, 0.1) is 5.82 Å². The molecule has 6 heteroatoms. The van der Waals surface area contributed by atoms with E-state index >= 15 is 0 Å². The Morgan fingerprint density at radius 2 is 2.18 bits per heavy atom. The molecule has 0 N–H and O–H groups in total. The second-order valence-corrected chi connectivity index (χ2v) is 5.26. The molecular formula is C11H7BrClFN2O. The Balaban J connectivity index is 2.44. The smallest absolute Gasteiger partial charge is 0.262 e. The van der Waals surface area contributed by atoms with Gasteiger partial charge in [0.2, 0.25) is 5.28 Å². The van der Waals surface area contributed by atoms with Gasteiger partial charge < -0.3 is 0 Å². The average Bonchev–Trinajstić information content (AvgIpc) is 3.04. The maximum absolute atomic E-state index is 13.3. The Labute approximate surface area is 109 Å². The molecule has 88 valence electrons. The molecule has 2 aromatic rings. The highest BCUT2D eigenvalue weighted by atomic mass is 79.9. The molecule has 17 heavy (non-hydrogen) atoms. The third-order valence-corrected chi connectivity index (χ3v) is 3.66. The summed E-state index contributed by atoms with van der Waals surface area (Å²) in [6, 6.07) is 2.59. The Hall–Kier alpha value is -0.940. The van der Waals surface area contributed by atoms with Crippen molar-refractivity contribution < 1.29 is 4.39 Å². The lowest BCUT2D eigenvalue weighted by atomic mass is 10.2. The molecule has 1 heterocycles. The van der Waals surface area contributed by atoms with Crippen molar-refractivity contribution in [2.75, 3.05) is 0 Å². The highest BCUT2D eigenvalue weighted by molar-refractivity contribution is 9.10.